The average Bonchev–Trinajstić information content (AvgIpc) is 2.31. The largest absolute Gasteiger partial charge is 0.394 e. The molecule has 1 amide bonds. The Bertz CT molecular complexity index is 418. The van der Waals surface area contributed by atoms with E-state index < -0.39 is 11.7 Å². The third kappa shape index (κ3) is 3.81. The summed E-state index contributed by atoms with van der Waals surface area (Å²) >= 11 is 0. The first-order valence-electron chi connectivity index (χ1n) is 6.12. The van der Waals surface area contributed by atoms with Crippen molar-refractivity contribution in [3.05, 3.63) is 35.1 Å². The van der Waals surface area contributed by atoms with Crippen molar-refractivity contribution >= 4 is 5.91 Å². The number of rotatable bonds is 5. The summed E-state index contributed by atoms with van der Waals surface area (Å²) in [6.07, 6.45) is 0.662. The fraction of sp³-hybridized carbons (Fsp3) is 0.500. The number of benzene rings is 1. The summed E-state index contributed by atoms with van der Waals surface area (Å²) in [7, 11) is 0. The Hall–Kier alpha value is -1.42. The van der Waals surface area contributed by atoms with E-state index in [9.17, 15) is 14.3 Å². The Morgan fingerprint density at radius 2 is 2.11 bits per heavy atom. The second kappa shape index (κ2) is 6.50. The van der Waals surface area contributed by atoms with E-state index in [1.165, 1.54) is 6.07 Å². The number of aryl methyl sites for hydroxylation is 1. The maximum Gasteiger partial charge on any atom is 0.254 e. The fourth-order valence-corrected chi connectivity index (χ4v) is 1.83. The van der Waals surface area contributed by atoms with Crippen LogP contribution in [0.5, 0.6) is 0 Å². The topological polar surface area (TPSA) is 49.3 Å². The summed E-state index contributed by atoms with van der Waals surface area (Å²) in [6.45, 7) is 5.48. The second-order valence-electron chi connectivity index (χ2n) is 4.92. The van der Waals surface area contributed by atoms with E-state index in [4.69, 9.17) is 0 Å². The number of carbonyl (C=O) groups excluding carboxylic acids is 1. The van der Waals surface area contributed by atoms with Crippen LogP contribution in [0.15, 0.2) is 18.2 Å². The smallest absolute Gasteiger partial charge is 0.254 e. The molecule has 0 aliphatic heterocycles. The quantitative estimate of drug-likeness (QED) is 0.845. The first kappa shape index (κ1) is 14.6. The molecule has 1 unspecified atom stereocenters. The molecule has 0 aliphatic rings. The third-order valence-electron chi connectivity index (χ3n) is 2.75. The van der Waals surface area contributed by atoms with Gasteiger partial charge in [0.25, 0.3) is 5.91 Å². The number of amides is 1. The van der Waals surface area contributed by atoms with Gasteiger partial charge in [0.2, 0.25) is 0 Å². The van der Waals surface area contributed by atoms with Crippen molar-refractivity contribution in [3.63, 3.8) is 0 Å². The number of aliphatic hydroxyl groups is 1. The molecule has 0 heterocycles. The highest BCUT2D eigenvalue weighted by molar-refractivity contribution is 5.94. The van der Waals surface area contributed by atoms with Gasteiger partial charge in [0, 0.05) is 0 Å². The van der Waals surface area contributed by atoms with Gasteiger partial charge in [-0.05, 0) is 30.9 Å². The van der Waals surface area contributed by atoms with Gasteiger partial charge in [-0.2, -0.15) is 0 Å². The minimum Gasteiger partial charge on any atom is -0.394 e. The summed E-state index contributed by atoms with van der Waals surface area (Å²) in [4.78, 5) is 11.9. The first-order valence-corrected chi connectivity index (χ1v) is 6.12. The Balaban J connectivity index is 2.78. The SMILES string of the molecule is Cc1cccc(C(=O)NC(CO)CC(C)C)c1F. The third-order valence-corrected chi connectivity index (χ3v) is 2.75. The van der Waals surface area contributed by atoms with Gasteiger partial charge >= 0.3 is 0 Å². The lowest BCUT2D eigenvalue weighted by Gasteiger charge is -2.18. The molecule has 1 rings (SSSR count). The van der Waals surface area contributed by atoms with Crippen LogP contribution in [-0.4, -0.2) is 23.7 Å². The van der Waals surface area contributed by atoms with Crippen LogP contribution in [0, 0.1) is 18.7 Å². The van der Waals surface area contributed by atoms with Crippen LogP contribution >= 0.6 is 0 Å². The number of hydrogen-bond donors (Lipinski definition) is 2. The molecule has 0 fully saturated rings. The highest BCUT2D eigenvalue weighted by Gasteiger charge is 2.17. The van der Waals surface area contributed by atoms with Crippen LogP contribution in [0.4, 0.5) is 4.39 Å². The Labute approximate surface area is 107 Å². The van der Waals surface area contributed by atoms with Gasteiger partial charge in [-0.3, -0.25) is 4.79 Å². The van der Waals surface area contributed by atoms with Crippen molar-refractivity contribution in [1.29, 1.82) is 0 Å². The molecular formula is C14H20FNO2. The fourth-order valence-electron chi connectivity index (χ4n) is 1.83. The molecule has 0 bridgehead atoms. The summed E-state index contributed by atoms with van der Waals surface area (Å²) in [5.41, 5.74) is 0.462. The van der Waals surface area contributed by atoms with E-state index in [1.807, 2.05) is 13.8 Å². The minimum atomic E-state index is -0.503. The zero-order valence-electron chi connectivity index (χ0n) is 11.0. The predicted octanol–water partition coefficient (Wildman–Crippen LogP) is 2.27. The lowest BCUT2D eigenvalue weighted by atomic mass is 10.0. The Kier molecular flexibility index (Phi) is 5.28. The first-order chi connectivity index (χ1) is 8.45. The molecular weight excluding hydrogens is 233 g/mol. The van der Waals surface area contributed by atoms with Crippen LogP contribution in [0.25, 0.3) is 0 Å². The van der Waals surface area contributed by atoms with E-state index in [2.05, 4.69) is 5.32 Å². The molecule has 1 aromatic rings. The number of carbonyl (C=O) groups is 1. The van der Waals surface area contributed by atoms with E-state index in [0.717, 1.165) is 0 Å². The molecule has 1 aromatic carbocycles. The number of hydrogen-bond acceptors (Lipinski definition) is 2. The molecule has 4 heteroatoms. The summed E-state index contributed by atoms with van der Waals surface area (Å²) in [5, 5.41) is 11.8. The van der Waals surface area contributed by atoms with Gasteiger partial charge in [-0.15, -0.1) is 0 Å². The maximum absolute atomic E-state index is 13.7. The highest BCUT2D eigenvalue weighted by atomic mass is 19.1. The zero-order chi connectivity index (χ0) is 13.7. The van der Waals surface area contributed by atoms with E-state index >= 15 is 0 Å². The molecule has 0 saturated carbocycles. The average molecular weight is 253 g/mol. The molecule has 0 aromatic heterocycles. The van der Waals surface area contributed by atoms with Gasteiger partial charge in [0.15, 0.2) is 0 Å². The van der Waals surface area contributed by atoms with Crippen molar-refractivity contribution in [3.8, 4) is 0 Å². The van der Waals surface area contributed by atoms with Gasteiger partial charge in [0.05, 0.1) is 18.2 Å². The predicted molar refractivity (Wildman–Crippen MR) is 68.9 cm³/mol. The molecule has 0 saturated heterocycles. The van der Waals surface area contributed by atoms with Crippen molar-refractivity contribution in [1.82, 2.24) is 5.32 Å². The lowest BCUT2D eigenvalue weighted by Crippen LogP contribution is -2.38. The van der Waals surface area contributed by atoms with Gasteiger partial charge in [-0.25, -0.2) is 4.39 Å². The van der Waals surface area contributed by atoms with Crippen molar-refractivity contribution in [2.24, 2.45) is 5.92 Å². The van der Waals surface area contributed by atoms with Crippen molar-refractivity contribution in [2.75, 3.05) is 6.61 Å². The van der Waals surface area contributed by atoms with Crippen LogP contribution in [0.3, 0.4) is 0 Å². The van der Waals surface area contributed by atoms with Crippen LogP contribution in [0.1, 0.15) is 36.2 Å². The summed E-state index contributed by atoms with van der Waals surface area (Å²) in [5.74, 6) is -0.628. The molecule has 18 heavy (non-hydrogen) atoms. The highest BCUT2D eigenvalue weighted by Crippen LogP contribution is 2.12. The number of aliphatic hydroxyl groups excluding tert-OH is 1. The molecule has 100 valence electrons. The number of nitrogens with one attached hydrogen (secondary N) is 1. The summed E-state index contributed by atoms with van der Waals surface area (Å²) in [6, 6.07) is 4.37. The molecule has 0 spiro atoms. The van der Waals surface area contributed by atoms with Gasteiger partial charge in [0.1, 0.15) is 5.82 Å². The van der Waals surface area contributed by atoms with E-state index in [0.29, 0.717) is 17.9 Å². The lowest BCUT2D eigenvalue weighted by molar-refractivity contribution is 0.0904. The monoisotopic (exact) mass is 253 g/mol. The van der Waals surface area contributed by atoms with Crippen LogP contribution < -0.4 is 5.32 Å². The van der Waals surface area contributed by atoms with Gasteiger partial charge in [-0.1, -0.05) is 26.0 Å². The van der Waals surface area contributed by atoms with E-state index in [-0.39, 0.29) is 18.2 Å². The van der Waals surface area contributed by atoms with Crippen molar-refractivity contribution < 1.29 is 14.3 Å². The Morgan fingerprint density at radius 3 is 2.67 bits per heavy atom. The minimum absolute atomic E-state index is 0.0252. The van der Waals surface area contributed by atoms with E-state index in [1.54, 1.807) is 19.1 Å². The molecule has 1 atom stereocenters. The molecule has 3 nitrogen and oxygen atoms in total. The van der Waals surface area contributed by atoms with Crippen molar-refractivity contribution in [2.45, 2.75) is 33.2 Å². The standard InChI is InChI=1S/C14H20FNO2/c1-9(2)7-11(8-17)16-14(18)12-6-4-5-10(3)13(12)15/h4-6,9,11,17H,7-8H2,1-3H3,(H,16,18). The number of halogens is 1. The maximum atomic E-state index is 13.7. The zero-order valence-corrected chi connectivity index (χ0v) is 11.0. The Morgan fingerprint density at radius 1 is 1.44 bits per heavy atom. The normalized spacial score (nSPS) is 12.6. The molecule has 0 aliphatic carbocycles. The molecule has 0 radical (unpaired) electrons. The van der Waals surface area contributed by atoms with Gasteiger partial charge < -0.3 is 10.4 Å². The second-order valence-corrected chi connectivity index (χ2v) is 4.92. The molecule has 2 N–H and O–H groups in total. The van der Waals surface area contributed by atoms with Crippen LogP contribution in [-0.2, 0) is 0 Å². The summed E-state index contributed by atoms with van der Waals surface area (Å²) < 4.78 is 13.7. The van der Waals surface area contributed by atoms with Crippen LogP contribution in [0.2, 0.25) is 0 Å².